The topological polar surface area (TPSA) is 141 Å². The van der Waals surface area contributed by atoms with Gasteiger partial charge < -0.3 is 26.4 Å². The number of amides is 3. The van der Waals surface area contributed by atoms with Crippen molar-refractivity contribution in [2.45, 2.75) is 39.8 Å². The number of carbonyl (C=O) groups is 3. The molecule has 2 aromatic carbocycles. The molecule has 3 rings (SSSR count). The van der Waals surface area contributed by atoms with E-state index in [-0.39, 0.29) is 22.8 Å². The van der Waals surface area contributed by atoms with Crippen molar-refractivity contribution in [3.63, 3.8) is 0 Å². The van der Waals surface area contributed by atoms with E-state index in [1.807, 2.05) is 20.8 Å². The molecule has 0 fully saturated rings. The molecule has 38 heavy (non-hydrogen) atoms. The predicted octanol–water partition coefficient (Wildman–Crippen LogP) is 3.91. The molecule has 0 aliphatic carbocycles. The number of carbonyl (C=O) groups excluding carboxylic acids is 3. The lowest BCUT2D eigenvalue weighted by Crippen LogP contribution is -2.43. The molecule has 9 nitrogen and oxygen atoms in total. The third-order valence-electron chi connectivity index (χ3n) is 5.77. The van der Waals surface area contributed by atoms with Crippen molar-refractivity contribution in [3.8, 4) is 5.75 Å². The summed E-state index contributed by atoms with van der Waals surface area (Å²) in [6.45, 7) is 6.80. The summed E-state index contributed by atoms with van der Waals surface area (Å²) in [6.07, 6.45) is 0.747. The smallest absolute Gasteiger partial charge is 0.270 e. The highest BCUT2D eigenvalue weighted by atomic mass is 32.1. The summed E-state index contributed by atoms with van der Waals surface area (Å²) in [6, 6.07) is 11.4. The molecular weight excluding hydrogens is 509 g/mol. The van der Waals surface area contributed by atoms with E-state index in [4.69, 9.17) is 16.2 Å². The van der Waals surface area contributed by atoms with Crippen LogP contribution in [0.5, 0.6) is 5.75 Å². The van der Waals surface area contributed by atoms with Crippen LogP contribution in [-0.2, 0) is 11.3 Å². The molecule has 0 spiro atoms. The zero-order chi connectivity index (χ0) is 27.8. The third-order valence-corrected chi connectivity index (χ3v) is 6.62. The number of hydrogen-bond donors (Lipinski definition) is 3. The van der Waals surface area contributed by atoms with Crippen LogP contribution in [0.4, 0.5) is 10.1 Å². The van der Waals surface area contributed by atoms with E-state index in [1.165, 1.54) is 29.2 Å². The molecule has 0 bridgehead atoms. The largest absolute Gasteiger partial charge is 0.494 e. The fourth-order valence-corrected chi connectivity index (χ4v) is 4.55. The molecule has 11 heteroatoms. The highest BCUT2D eigenvalue weighted by molar-refractivity contribution is 7.09. The predicted molar refractivity (Wildman–Crippen MR) is 144 cm³/mol. The van der Waals surface area contributed by atoms with Gasteiger partial charge in [-0.25, -0.2) is 4.39 Å². The minimum Gasteiger partial charge on any atom is -0.494 e. The first kappa shape index (κ1) is 28.6. The highest BCUT2D eigenvalue weighted by Gasteiger charge is 2.35. The van der Waals surface area contributed by atoms with Crippen LogP contribution in [0.15, 0.2) is 48.5 Å². The van der Waals surface area contributed by atoms with Crippen molar-refractivity contribution in [2.24, 2.45) is 11.7 Å². The Morgan fingerprint density at radius 3 is 2.32 bits per heavy atom. The Hall–Kier alpha value is -3.99. The zero-order valence-electron chi connectivity index (χ0n) is 21.6. The van der Waals surface area contributed by atoms with Crippen molar-refractivity contribution < 1.29 is 23.5 Å². The van der Waals surface area contributed by atoms with E-state index in [1.54, 1.807) is 24.3 Å². The van der Waals surface area contributed by atoms with Crippen molar-refractivity contribution in [1.82, 2.24) is 14.6 Å². The van der Waals surface area contributed by atoms with E-state index < -0.39 is 29.6 Å². The summed E-state index contributed by atoms with van der Waals surface area (Å²) in [5.74, 6) is -1.33. The third kappa shape index (κ3) is 7.06. The molecule has 1 heterocycles. The molecule has 0 aliphatic rings. The number of anilines is 1. The Morgan fingerprint density at radius 1 is 1.11 bits per heavy atom. The first-order valence-corrected chi connectivity index (χ1v) is 13.0. The Morgan fingerprint density at radius 2 is 1.76 bits per heavy atom. The molecule has 0 radical (unpaired) electrons. The highest BCUT2D eigenvalue weighted by Crippen LogP contribution is 2.31. The molecular formula is C27H32FN5O4S. The quantitative estimate of drug-likeness (QED) is 0.318. The van der Waals surface area contributed by atoms with Gasteiger partial charge in [-0.3, -0.25) is 14.4 Å². The van der Waals surface area contributed by atoms with Gasteiger partial charge in [-0.15, -0.1) is 0 Å². The lowest BCUT2D eigenvalue weighted by molar-refractivity contribution is -0.126. The molecule has 3 aromatic rings. The summed E-state index contributed by atoms with van der Waals surface area (Å²) in [4.78, 5) is 40.6. The van der Waals surface area contributed by atoms with Crippen LogP contribution in [0.1, 0.15) is 64.5 Å². The monoisotopic (exact) mass is 541 g/mol. The van der Waals surface area contributed by atoms with Crippen molar-refractivity contribution in [3.05, 3.63) is 76.0 Å². The second kappa shape index (κ2) is 13.0. The van der Waals surface area contributed by atoms with Crippen molar-refractivity contribution >= 4 is 34.9 Å². The standard InChI is InChI=1S/C27H32FN5O4S/c1-4-37-20-11-7-18(8-12-20)23(26(35)31-14-13-16(2)3)33(15-17-5-9-19(28)10-6-17)27(36)24-21(29)22(25(30)34)32-38-24/h5-12,16,23H,4,13-15,29H2,1-3H3,(H2,30,34)(H,31,35). The number of ether oxygens (including phenoxy) is 1. The number of benzene rings is 2. The van der Waals surface area contributed by atoms with Gasteiger partial charge in [0, 0.05) is 13.1 Å². The molecule has 1 aromatic heterocycles. The fraction of sp³-hybridized carbons (Fsp3) is 0.333. The molecule has 1 unspecified atom stereocenters. The fourth-order valence-electron chi connectivity index (χ4n) is 3.79. The number of nitrogen functional groups attached to an aromatic ring is 1. The van der Waals surface area contributed by atoms with Crippen LogP contribution in [0.25, 0.3) is 0 Å². The number of primary amides is 1. The zero-order valence-corrected chi connectivity index (χ0v) is 22.4. The summed E-state index contributed by atoms with van der Waals surface area (Å²) >= 11 is 0.730. The first-order valence-electron chi connectivity index (χ1n) is 12.2. The van der Waals surface area contributed by atoms with Crippen LogP contribution >= 0.6 is 11.5 Å². The van der Waals surface area contributed by atoms with E-state index >= 15 is 0 Å². The maximum Gasteiger partial charge on any atom is 0.270 e. The Labute approximate surface area is 225 Å². The van der Waals surface area contributed by atoms with E-state index in [9.17, 15) is 18.8 Å². The SMILES string of the molecule is CCOc1ccc(C(C(=O)NCCC(C)C)N(Cc2ccc(F)cc2)C(=O)c2snc(C(N)=O)c2N)cc1. The van der Waals surface area contributed by atoms with E-state index in [0.29, 0.717) is 35.9 Å². The van der Waals surface area contributed by atoms with Gasteiger partial charge in [-0.05, 0) is 66.2 Å². The minimum absolute atomic E-state index is 0.0215. The summed E-state index contributed by atoms with van der Waals surface area (Å²) in [7, 11) is 0. The lowest BCUT2D eigenvalue weighted by atomic mass is 10.0. The van der Waals surface area contributed by atoms with Crippen LogP contribution in [0, 0.1) is 11.7 Å². The maximum atomic E-state index is 13.9. The molecule has 3 amide bonds. The maximum absolute atomic E-state index is 13.9. The van der Waals surface area contributed by atoms with Gasteiger partial charge in [0.15, 0.2) is 5.69 Å². The second-order valence-corrected chi connectivity index (χ2v) is 9.85. The van der Waals surface area contributed by atoms with Crippen LogP contribution < -0.4 is 21.5 Å². The average Bonchev–Trinajstić information content (AvgIpc) is 3.27. The molecule has 1 atom stereocenters. The average molecular weight is 542 g/mol. The van der Waals surface area contributed by atoms with Gasteiger partial charge in [0.05, 0.1) is 12.3 Å². The minimum atomic E-state index is -1.08. The number of hydrogen-bond acceptors (Lipinski definition) is 7. The molecule has 5 N–H and O–H groups in total. The Kier molecular flexibility index (Phi) is 9.78. The summed E-state index contributed by atoms with van der Waals surface area (Å²) < 4.78 is 23.1. The lowest BCUT2D eigenvalue weighted by Gasteiger charge is -2.31. The van der Waals surface area contributed by atoms with Gasteiger partial charge in [-0.1, -0.05) is 38.1 Å². The number of nitrogens with zero attached hydrogens (tertiary/aromatic N) is 2. The van der Waals surface area contributed by atoms with Gasteiger partial charge in [0.25, 0.3) is 11.8 Å². The van der Waals surface area contributed by atoms with Gasteiger partial charge >= 0.3 is 0 Å². The summed E-state index contributed by atoms with van der Waals surface area (Å²) in [5.41, 5.74) is 12.2. The molecule has 202 valence electrons. The summed E-state index contributed by atoms with van der Waals surface area (Å²) in [5, 5.41) is 2.93. The van der Waals surface area contributed by atoms with Crippen molar-refractivity contribution in [2.75, 3.05) is 18.9 Å². The van der Waals surface area contributed by atoms with Gasteiger partial charge in [0.1, 0.15) is 22.5 Å². The van der Waals surface area contributed by atoms with Gasteiger partial charge in [0.2, 0.25) is 5.91 Å². The number of nitrogens with one attached hydrogen (secondary N) is 1. The first-order chi connectivity index (χ1) is 18.1. The van der Waals surface area contributed by atoms with Crippen LogP contribution in [0.3, 0.4) is 0 Å². The Bertz CT molecular complexity index is 1260. The van der Waals surface area contributed by atoms with Crippen molar-refractivity contribution in [1.29, 1.82) is 0 Å². The number of halogens is 1. The van der Waals surface area contributed by atoms with Crippen LogP contribution in [0.2, 0.25) is 0 Å². The van der Waals surface area contributed by atoms with Gasteiger partial charge in [-0.2, -0.15) is 4.37 Å². The van der Waals surface area contributed by atoms with E-state index in [2.05, 4.69) is 9.69 Å². The molecule has 0 aliphatic heterocycles. The number of aromatic nitrogens is 1. The number of rotatable bonds is 12. The molecule has 0 saturated heterocycles. The Balaban J connectivity index is 2.09. The second-order valence-electron chi connectivity index (χ2n) is 9.08. The van der Waals surface area contributed by atoms with Crippen LogP contribution in [-0.4, -0.2) is 40.1 Å². The van der Waals surface area contributed by atoms with E-state index in [0.717, 1.165) is 18.0 Å². The molecule has 0 saturated carbocycles. The normalized spacial score (nSPS) is 11.7. The number of nitrogens with two attached hydrogens (primary N) is 2.